The summed E-state index contributed by atoms with van der Waals surface area (Å²) in [5.41, 5.74) is 5.25. The quantitative estimate of drug-likeness (QED) is 0.586. The van der Waals surface area contributed by atoms with Crippen molar-refractivity contribution in [2.45, 2.75) is 49.8 Å². The maximum Gasteiger partial charge on any atom is 0.253 e. The van der Waals surface area contributed by atoms with Gasteiger partial charge in [0.1, 0.15) is 0 Å². The second-order valence-corrected chi connectivity index (χ2v) is 9.11. The van der Waals surface area contributed by atoms with Crippen LogP contribution in [0.2, 0.25) is 0 Å². The molecule has 2 aliphatic rings. The monoisotopic (exact) mass is 422 g/mol. The highest BCUT2D eigenvalue weighted by Gasteiger charge is 2.23. The van der Waals surface area contributed by atoms with Gasteiger partial charge < -0.3 is 4.90 Å². The molecular weight excluding hydrogens is 396 g/mol. The molecule has 158 valence electrons. The first-order valence-electron chi connectivity index (χ1n) is 9.85. The highest BCUT2D eigenvalue weighted by molar-refractivity contribution is 7.89. The lowest BCUT2D eigenvalue weighted by molar-refractivity contribution is -0.131. The zero-order chi connectivity index (χ0) is 20.9. The average molecular weight is 423 g/mol. The van der Waals surface area contributed by atoms with Gasteiger partial charge in [0.2, 0.25) is 21.8 Å². The van der Waals surface area contributed by atoms with Gasteiger partial charge in [-0.25, -0.2) is 13.1 Å². The first-order valence-corrected chi connectivity index (χ1v) is 11.3. The van der Waals surface area contributed by atoms with Gasteiger partial charge >= 0.3 is 0 Å². The van der Waals surface area contributed by atoms with E-state index in [-0.39, 0.29) is 22.6 Å². The molecule has 0 atom stereocenters. The summed E-state index contributed by atoms with van der Waals surface area (Å²) in [4.78, 5) is 37.2. The van der Waals surface area contributed by atoms with Crippen molar-refractivity contribution in [2.75, 3.05) is 18.0 Å². The molecule has 0 spiro atoms. The molecule has 1 heterocycles. The summed E-state index contributed by atoms with van der Waals surface area (Å²) >= 11 is 0. The molecule has 0 radical (unpaired) electrons. The Morgan fingerprint density at radius 2 is 1.69 bits per heavy atom. The van der Waals surface area contributed by atoms with Crippen LogP contribution >= 0.6 is 0 Å². The van der Waals surface area contributed by atoms with Crippen molar-refractivity contribution in [3.05, 3.63) is 24.3 Å². The average Bonchev–Trinajstić information content (AvgIpc) is 3.17. The van der Waals surface area contributed by atoms with Gasteiger partial charge in [0.25, 0.3) is 5.91 Å². The molecular formula is C19H26N4O5S. The Balaban J connectivity index is 1.48. The number of benzene rings is 1. The SMILES string of the molecule is O=C(CNS(=O)(=O)c1ccc(N2CCCC2=O)cc1)NNC(=O)C1CCCCC1. The number of hydrogen-bond donors (Lipinski definition) is 3. The van der Waals surface area contributed by atoms with E-state index < -0.39 is 22.5 Å². The maximum atomic E-state index is 12.4. The van der Waals surface area contributed by atoms with E-state index in [9.17, 15) is 22.8 Å². The van der Waals surface area contributed by atoms with Crippen molar-refractivity contribution in [1.29, 1.82) is 0 Å². The van der Waals surface area contributed by atoms with E-state index in [1.807, 2.05) is 0 Å². The van der Waals surface area contributed by atoms with Crippen molar-refractivity contribution in [3.8, 4) is 0 Å². The topological polar surface area (TPSA) is 125 Å². The summed E-state index contributed by atoms with van der Waals surface area (Å²) in [5.74, 6) is -0.989. The number of hydrogen-bond acceptors (Lipinski definition) is 5. The fourth-order valence-corrected chi connectivity index (χ4v) is 4.59. The first kappa shape index (κ1) is 21.3. The van der Waals surface area contributed by atoms with Crippen LogP contribution in [0.3, 0.4) is 0 Å². The minimum atomic E-state index is -3.90. The van der Waals surface area contributed by atoms with Crippen molar-refractivity contribution in [1.82, 2.24) is 15.6 Å². The van der Waals surface area contributed by atoms with E-state index in [0.29, 0.717) is 18.7 Å². The molecule has 9 nitrogen and oxygen atoms in total. The highest BCUT2D eigenvalue weighted by Crippen LogP contribution is 2.24. The van der Waals surface area contributed by atoms with Gasteiger partial charge in [0.15, 0.2) is 0 Å². The van der Waals surface area contributed by atoms with Crippen molar-refractivity contribution in [3.63, 3.8) is 0 Å². The minimum Gasteiger partial charge on any atom is -0.312 e. The highest BCUT2D eigenvalue weighted by atomic mass is 32.2. The van der Waals surface area contributed by atoms with E-state index in [4.69, 9.17) is 0 Å². The van der Waals surface area contributed by atoms with Crippen molar-refractivity contribution in [2.24, 2.45) is 5.92 Å². The van der Waals surface area contributed by atoms with Crippen LogP contribution in [0.5, 0.6) is 0 Å². The van der Waals surface area contributed by atoms with Gasteiger partial charge in [0.05, 0.1) is 11.4 Å². The molecule has 3 amide bonds. The third kappa shape index (κ3) is 5.54. The van der Waals surface area contributed by atoms with Gasteiger partial charge in [0, 0.05) is 24.6 Å². The number of rotatable bonds is 6. The second-order valence-electron chi connectivity index (χ2n) is 7.34. The van der Waals surface area contributed by atoms with Crippen LogP contribution in [0.1, 0.15) is 44.9 Å². The van der Waals surface area contributed by atoms with E-state index in [2.05, 4.69) is 15.6 Å². The lowest BCUT2D eigenvalue weighted by Crippen LogP contribution is -2.48. The molecule has 0 aromatic heterocycles. The van der Waals surface area contributed by atoms with E-state index in [1.165, 1.54) is 12.1 Å². The smallest absolute Gasteiger partial charge is 0.253 e. The third-order valence-corrected chi connectivity index (χ3v) is 6.67. The summed E-state index contributed by atoms with van der Waals surface area (Å²) in [6.07, 6.45) is 5.99. The second kappa shape index (κ2) is 9.36. The van der Waals surface area contributed by atoms with E-state index in [0.717, 1.165) is 38.5 Å². The molecule has 0 bridgehead atoms. The number of anilines is 1. The Morgan fingerprint density at radius 3 is 2.31 bits per heavy atom. The summed E-state index contributed by atoms with van der Waals surface area (Å²) in [6.45, 7) is 0.121. The molecule has 10 heteroatoms. The van der Waals surface area contributed by atoms with Gasteiger partial charge in [-0.2, -0.15) is 0 Å². The molecule has 0 unspecified atom stereocenters. The summed E-state index contributed by atoms with van der Waals surface area (Å²) in [6, 6.07) is 5.93. The maximum absolute atomic E-state index is 12.4. The van der Waals surface area contributed by atoms with Crippen LogP contribution < -0.4 is 20.5 Å². The molecule has 2 fully saturated rings. The number of hydrazine groups is 1. The Labute approximate surface area is 170 Å². The van der Waals surface area contributed by atoms with Crippen molar-refractivity contribution < 1.29 is 22.8 Å². The number of carbonyl (C=O) groups is 3. The molecule has 1 saturated heterocycles. The van der Waals surface area contributed by atoms with Crippen LogP contribution in [0.25, 0.3) is 0 Å². The van der Waals surface area contributed by atoms with E-state index >= 15 is 0 Å². The Kier molecular flexibility index (Phi) is 6.86. The van der Waals surface area contributed by atoms with Gasteiger partial charge in [-0.3, -0.25) is 25.2 Å². The summed E-state index contributed by atoms with van der Waals surface area (Å²) in [5, 5.41) is 0. The predicted octanol–water partition coefficient (Wildman–Crippen LogP) is 0.819. The normalized spacial score (nSPS) is 17.9. The number of amides is 3. The molecule has 1 saturated carbocycles. The predicted molar refractivity (Wildman–Crippen MR) is 106 cm³/mol. The molecule has 1 aromatic carbocycles. The fraction of sp³-hybridized carbons (Fsp3) is 0.526. The largest absolute Gasteiger partial charge is 0.312 e. The number of carbonyl (C=O) groups excluding carboxylic acids is 3. The minimum absolute atomic E-state index is 0.00747. The van der Waals surface area contributed by atoms with Crippen LogP contribution in [-0.4, -0.2) is 39.2 Å². The van der Waals surface area contributed by atoms with Crippen LogP contribution in [0.15, 0.2) is 29.2 Å². The van der Waals surface area contributed by atoms with Crippen molar-refractivity contribution >= 4 is 33.4 Å². The zero-order valence-electron chi connectivity index (χ0n) is 16.1. The number of nitrogens with one attached hydrogen (secondary N) is 3. The summed E-state index contributed by atoms with van der Waals surface area (Å²) < 4.78 is 26.9. The molecule has 1 aromatic rings. The van der Waals surface area contributed by atoms with Crippen LogP contribution in [0.4, 0.5) is 5.69 Å². The first-order chi connectivity index (χ1) is 13.9. The van der Waals surface area contributed by atoms with Crippen LogP contribution in [0, 0.1) is 5.92 Å². The van der Waals surface area contributed by atoms with Gasteiger partial charge in [-0.15, -0.1) is 0 Å². The lowest BCUT2D eigenvalue weighted by atomic mass is 9.89. The lowest BCUT2D eigenvalue weighted by Gasteiger charge is -2.20. The molecule has 3 N–H and O–H groups in total. The molecule has 1 aliphatic heterocycles. The standard InChI is InChI=1S/C19H26N4O5S/c24-17(21-22-19(26)14-5-2-1-3-6-14)13-20-29(27,28)16-10-8-15(9-11-16)23-12-4-7-18(23)25/h8-11,14,20H,1-7,12-13H2,(H,21,24)(H,22,26). The number of sulfonamides is 1. The van der Waals surface area contributed by atoms with Crippen LogP contribution in [-0.2, 0) is 24.4 Å². The fourth-order valence-electron chi connectivity index (χ4n) is 3.61. The summed E-state index contributed by atoms with van der Waals surface area (Å²) in [7, 11) is -3.90. The van der Waals surface area contributed by atoms with Gasteiger partial charge in [-0.1, -0.05) is 19.3 Å². The third-order valence-electron chi connectivity index (χ3n) is 5.26. The van der Waals surface area contributed by atoms with E-state index in [1.54, 1.807) is 17.0 Å². The number of nitrogens with zero attached hydrogens (tertiary/aromatic N) is 1. The molecule has 3 rings (SSSR count). The van der Waals surface area contributed by atoms with Gasteiger partial charge in [-0.05, 0) is 43.5 Å². The molecule has 29 heavy (non-hydrogen) atoms. The Bertz CT molecular complexity index is 863. The zero-order valence-corrected chi connectivity index (χ0v) is 17.0. The Hall–Kier alpha value is -2.46. The Morgan fingerprint density at radius 1 is 1.00 bits per heavy atom. The molecule has 1 aliphatic carbocycles.